The molecule has 1 N–H and O–H groups in total. The molecule has 1 aliphatic carbocycles. The fourth-order valence-electron chi connectivity index (χ4n) is 2.90. The smallest absolute Gasteiger partial charge is 0.335 e. The van der Waals surface area contributed by atoms with Crippen LogP contribution in [0.1, 0.15) is 35.4 Å². The normalized spacial score (nSPS) is 20.1. The van der Waals surface area contributed by atoms with Gasteiger partial charge in [-0.15, -0.1) is 11.6 Å². The van der Waals surface area contributed by atoms with E-state index in [1.165, 1.54) is 12.8 Å². The summed E-state index contributed by atoms with van der Waals surface area (Å²) in [6.45, 7) is 2.00. The molecule has 1 saturated carbocycles. The quantitative estimate of drug-likeness (QED) is 0.777. The van der Waals surface area contributed by atoms with Crippen LogP contribution in [0.15, 0.2) is 12.1 Å². The van der Waals surface area contributed by atoms with Crippen LogP contribution in [-0.4, -0.2) is 39.9 Å². The van der Waals surface area contributed by atoms with Gasteiger partial charge in [0.05, 0.1) is 36.2 Å². The Kier molecular flexibility index (Phi) is 4.10. The van der Waals surface area contributed by atoms with Gasteiger partial charge in [-0.3, -0.25) is 0 Å². The van der Waals surface area contributed by atoms with E-state index in [9.17, 15) is 9.90 Å². The molecule has 1 unspecified atom stereocenters. The van der Waals surface area contributed by atoms with Crippen LogP contribution >= 0.6 is 11.6 Å². The van der Waals surface area contributed by atoms with Crippen LogP contribution in [0.3, 0.4) is 0 Å². The predicted octanol–water partition coefficient (Wildman–Crippen LogP) is 3.05. The number of carboxylic acids is 1. The molecule has 1 saturated heterocycles. The molecule has 1 atom stereocenters. The third kappa shape index (κ3) is 2.96. The first-order valence-electron chi connectivity index (χ1n) is 8.22. The summed E-state index contributed by atoms with van der Waals surface area (Å²) in [5, 5.41) is 9.42. The molecule has 2 aromatic rings. The number of benzene rings is 1. The number of aromatic carboxylic acids is 1. The van der Waals surface area contributed by atoms with Crippen LogP contribution in [-0.2, 0) is 17.2 Å². The maximum Gasteiger partial charge on any atom is 0.335 e. The highest BCUT2D eigenvalue weighted by Crippen LogP contribution is 2.33. The first-order valence-corrected chi connectivity index (χ1v) is 8.76. The number of hydrogen-bond donors (Lipinski definition) is 1. The predicted molar refractivity (Wildman–Crippen MR) is 88.8 cm³/mol. The number of fused-ring (bicyclic) bond motifs is 1. The lowest BCUT2D eigenvalue weighted by atomic mass is 10.1. The van der Waals surface area contributed by atoms with Crippen LogP contribution in [0.2, 0.25) is 0 Å². The van der Waals surface area contributed by atoms with Gasteiger partial charge in [-0.1, -0.05) is 0 Å². The summed E-state index contributed by atoms with van der Waals surface area (Å²) in [5.41, 5.74) is 1.62. The zero-order valence-corrected chi connectivity index (χ0v) is 14.0. The van der Waals surface area contributed by atoms with Gasteiger partial charge >= 0.3 is 5.97 Å². The molecule has 0 radical (unpaired) electrons. The Morgan fingerprint density at radius 2 is 2.21 bits per heavy atom. The average Bonchev–Trinajstić information content (AvgIpc) is 3.28. The lowest BCUT2D eigenvalue weighted by Gasteiger charge is -2.27. The number of carbonyl (C=O) groups is 1. The molecule has 6 nitrogen and oxygen atoms in total. The summed E-state index contributed by atoms with van der Waals surface area (Å²) in [4.78, 5) is 16.1. The van der Waals surface area contributed by atoms with Crippen LogP contribution in [0, 0.1) is 5.92 Å². The van der Waals surface area contributed by atoms with Gasteiger partial charge in [-0.2, -0.15) is 0 Å². The number of nitrogens with zero attached hydrogens (tertiary/aromatic N) is 2. The zero-order valence-electron chi connectivity index (χ0n) is 13.2. The molecule has 128 valence electrons. The summed E-state index contributed by atoms with van der Waals surface area (Å²) in [6.07, 6.45) is 3.46. The molecule has 1 aromatic carbocycles. The Morgan fingerprint density at radius 3 is 2.79 bits per heavy atom. The van der Waals surface area contributed by atoms with Gasteiger partial charge in [0.1, 0.15) is 17.1 Å². The van der Waals surface area contributed by atoms with E-state index in [-0.39, 0.29) is 17.5 Å². The Morgan fingerprint density at radius 1 is 1.42 bits per heavy atom. The van der Waals surface area contributed by atoms with Crippen molar-refractivity contribution in [3.8, 4) is 5.75 Å². The van der Waals surface area contributed by atoms with Crippen LogP contribution < -0.4 is 4.74 Å². The van der Waals surface area contributed by atoms with Crippen molar-refractivity contribution < 1.29 is 19.4 Å². The molecule has 0 spiro atoms. The molecular weight excluding hydrogens is 332 g/mol. The Labute approximate surface area is 144 Å². The second-order valence-corrected chi connectivity index (χ2v) is 6.72. The highest BCUT2D eigenvalue weighted by atomic mass is 35.5. The molecule has 4 rings (SSSR count). The topological polar surface area (TPSA) is 73.6 Å². The summed E-state index contributed by atoms with van der Waals surface area (Å²) in [7, 11) is 0. The van der Waals surface area contributed by atoms with Gasteiger partial charge in [0.2, 0.25) is 0 Å². The molecule has 7 heteroatoms. The van der Waals surface area contributed by atoms with Crippen LogP contribution in [0.25, 0.3) is 11.0 Å². The summed E-state index contributed by atoms with van der Waals surface area (Å²) in [5.74, 6) is 1.09. The van der Waals surface area contributed by atoms with Gasteiger partial charge in [0, 0.05) is 6.61 Å². The second kappa shape index (κ2) is 6.26. The van der Waals surface area contributed by atoms with Crippen LogP contribution in [0.5, 0.6) is 5.75 Å². The van der Waals surface area contributed by atoms with Gasteiger partial charge < -0.3 is 19.1 Å². The van der Waals surface area contributed by atoms with E-state index in [0.717, 1.165) is 18.5 Å². The van der Waals surface area contributed by atoms with Crippen LogP contribution in [0.4, 0.5) is 0 Å². The molecule has 1 aromatic heterocycles. The van der Waals surface area contributed by atoms with Crippen molar-refractivity contribution in [2.24, 2.45) is 5.92 Å². The van der Waals surface area contributed by atoms with E-state index in [0.29, 0.717) is 36.2 Å². The first kappa shape index (κ1) is 15.7. The lowest BCUT2D eigenvalue weighted by Crippen LogP contribution is -2.31. The lowest BCUT2D eigenvalue weighted by molar-refractivity contribution is -0.0589. The minimum atomic E-state index is -0.978. The van der Waals surface area contributed by atoms with E-state index in [2.05, 4.69) is 4.98 Å². The minimum Gasteiger partial charge on any atom is -0.491 e. The SMILES string of the molecule is O=C(O)c1cc(OCC2CC2)c2nc(CCl)n(CC3CCO3)c2c1. The number of alkyl halides is 1. The maximum absolute atomic E-state index is 11.5. The van der Waals surface area contributed by atoms with E-state index in [1.54, 1.807) is 12.1 Å². The van der Waals surface area contributed by atoms with Gasteiger partial charge in [-0.25, -0.2) is 9.78 Å². The monoisotopic (exact) mass is 350 g/mol. The van der Waals surface area contributed by atoms with Gasteiger partial charge in [0.15, 0.2) is 0 Å². The van der Waals surface area contributed by atoms with E-state index < -0.39 is 5.97 Å². The number of rotatable bonds is 7. The first-order chi connectivity index (χ1) is 11.7. The van der Waals surface area contributed by atoms with E-state index >= 15 is 0 Å². The van der Waals surface area contributed by atoms with Gasteiger partial charge in [-0.05, 0) is 37.3 Å². The van der Waals surface area contributed by atoms with E-state index in [4.69, 9.17) is 21.1 Å². The fourth-order valence-corrected chi connectivity index (χ4v) is 3.11. The zero-order chi connectivity index (χ0) is 16.7. The van der Waals surface area contributed by atoms with Crippen molar-refractivity contribution in [1.82, 2.24) is 9.55 Å². The molecule has 0 bridgehead atoms. The molecule has 2 fully saturated rings. The minimum absolute atomic E-state index is 0.133. The molecule has 2 heterocycles. The molecule has 1 aliphatic heterocycles. The number of ether oxygens (including phenoxy) is 2. The number of carboxylic acid groups (broad SMARTS) is 1. The average molecular weight is 351 g/mol. The Balaban J connectivity index is 1.78. The maximum atomic E-state index is 11.5. The number of imidazole rings is 1. The number of hydrogen-bond acceptors (Lipinski definition) is 4. The molecule has 24 heavy (non-hydrogen) atoms. The summed E-state index contributed by atoms with van der Waals surface area (Å²) >= 11 is 6.06. The van der Waals surface area contributed by atoms with Crippen molar-refractivity contribution in [3.05, 3.63) is 23.5 Å². The number of aromatic nitrogens is 2. The van der Waals surface area contributed by atoms with Crippen molar-refractivity contribution in [2.45, 2.75) is 37.8 Å². The fraction of sp³-hybridized carbons (Fsp3) is 0.529. The largest absolute Gasteiger partial charge is 0.491 e. The third-order valence-corrected chi connectivity index (χ3v) is 4.85. The second-order valence-electron chi connectivity index (χ2n) is 6.46. The third-order valence-electron chi connectivity index (χ3n) is 4.62. The molecular formula is C17H19ClN2O4. The molecule has 2 aliphatic rings. The Bertz CT molecular complexity index is 780. The van der Waals surface area contributed by atoms with Crippen molar-refractivity contribution in [3.63, 3.8) is 0 Å². The summed E-state index contributed by atoms with van der Waals surface area (Å²) < 4.78 is 13.3. The van der Waals surface area contributed by atoms with E-state index in [1.807, 2.05) is 4.57 Å². The highest BCUT2D eigenvalue weighted by Gasteiger charge is 2.25. The standard InChI is InChI=1S/C17H19ClN2O4/c18-7-15-19-16-13(20(15)8-12-3-4-23-12)5-11(17(21)22)6-14(16)24-9-10-1-2-10/h5-6,10,12H,1-4,7-9H2,(H,21,22). The van der Waals surface area contributed by atoms with Crippen molar-refractivity contribution >= 4 is 28.6 Å². The molecule has 0 amide bonds. The highest BCUT2D eigenvalue weighted by molar-refractivity contribution is 6.17. The van der Waals surface area contributed by atoms with Crippen molar-refractivity contribution in [1.29, 1.82) is 0 Å². The Hall–Kier alpha value is -1.79. The van der Waals surface area contributed by atoms with Crippen molar-refractivity contribution in [2.75, 3.05) is 13.2 Å². The number of halogens is 1. The summed E-state index contributed by atoms with van der Waals surface area (Å²) in [6, 6.07) is 3.20. The van der Waals surface area contributed by atoms with Gasteiger partial charge in [0.25, 0.3) is 0 Å².